The van der Waals surface area contributed by atoms with Crippen LogP contribution in [0.3, 0.4) is 0 Å². The summed E-state index contributed by atoms with van der Waals surface area (Å²) in [5.41, 5.74) is 3.85. The predicted molar refractivity (Wildman–Crippen MR) is 73.1 cm³/mol. The number of hydrazine groups is 1. The van der Waals surface area contributed by atoms with Gasteiger partial charge in [0.15, 0.2) is 0 Å². The van der Waals surface area contributed by atoms with Crippen molar-refractivity contribution < 1.29 is 0 Å². The van der Waals surface area contributed by atoms with Crippen LogP contribution in [0.1, 0.15) is 43.7 Å². The third-order valence-corrected chi connectivity index (χ3v) is 4.27. The van der Waals surface area contributed by atoms with Crippen LogP contribution >= 0.6 is 23.2 Å². The fourth-order valence-electron chi connectivity index (χ4n) is 2.73. The Morgan fingerprint density at radius 2 is 1.71 bits per heavy atom. The van der Waals surface area contributed by atoms with E-state index < -0.39 is 0 Å². The molecule has 1 unspecified atom stereocenters. The minimum absolute atomic E-state index is 0.0662. The highest BCUT2D eigenvalue weighted by molar-refractivity contribution is 6.36. The molecular formula is C13H18Cl2N2. The lowest BCUT2D eigenvalue weighted by Crippen LogP contribution is -2.35. The lowest BCUT2D eigenvalue weighted by Gasteiger charge is -2.31. The summed E-state index contributed by atoms with van der Waals surface area (Å²) in [6, 6.07) is 5.67. The quantitative estimate of drug-likeness (QED) is 0.643. The molecule has 0 bridgehead atoms. The highest BCUT2D eigenvalue weighted by Crippen LogP contribution is 2.39. The van der Waals surface area contributed by atoms with Crippen LogP contribution in [0.15, 0.2) is 18.2 Å². The molecule has 1 aliphatic rings. The van der Waals surface area contributed by atoms with Crippen molar-refractivity contribution in [3.8, 4) is 0 Å². The maximum absolute atomic E-state index is 6.24. The topological polar surface area (TPSA) is 38.0 Å². The van der Waals surface area contributed by atoms with Crippen LogP contribution in [0.5, 0.6) is 0 Å². The maximum Gasteiger partial charge on any atom is 0.0517 e. The summed E-state index contributed by atoms with van der Waals surface area (Å²) in [7, 11) is 0. The second-order valence-electron chi connectivity index (χ2n) is 4.68. The van der Waals surface area contributed by atoms with Gasteiger partial charge in [-0.15, -0.1) is 0 Å². The van der Waals surface area contributed by atoms with Gasteiger partial charge in [0.1, 0.15) is 0 Å². The molecule has 0 spiro atoms. The molecule has 2 rings (SSSR count). The van der Waals surface area contributed by atoms with Gasteiger partial charge in [-0.3, -0.25) is 11.3 Å². The van der Waals surface area contributed by atoms with E-state index in [4.69, 9.17) is 29.0 Å². The van der Waals surface area contributed by atoms with Crippen LogP contribution in [-0.4, -0.2) is 0 Å². The van der Waals surface area contributed by atoms with E-state index in [-0.39, 0.29) is 6.04 Å². The fraction of sp³-hybridized carbons (Fsp3) is 0.538. The molecule has 1 atom stereocenters. The zero-order valence-electron chi connectivity index (χ0n) is 9.76. The van der Waals surface area contributed by atoms with Gasteiger partial charge < -0.3 is 0 Å². The molecule has 1 aromatic carbocycles. The van der Waals surface area contributed by atoms with Crippen molar-refractivity contribution in [1.82, 2.24) is 5.43 Å². The van der Waals surface area contributed by atoms with Crippen LogP contribution in [0.2, 0.25) is 10.0 Å². The summed E-state index contributed by atoms with van der Waals surface area (Å²) >= 11 is 12.5. The summed E-state index contributed by atoms with van der Waals surface area (Å²) in [5, 5.41) is 1.40. The monoisotopic (exact) mass is 272 g/mol. The highest BCUT2D eigenvalue weighted by Gasteiger charge is 2.27. The van der Waals surface area contributed by atoms with E-state index in [0.717, 1.165) is 5.56 Å². The molecule has 1 aliphatic carbocycles. The highest BCUT2D eigenvalue weighted by atomic mass is 35.5. The van der Waals surface area contributed by atoms with E-state index in [1.54, 1.807) is 0 Å². The molecule has 0 aliphatic heterocycles. The first-order valence-corrected chi connectivity index (χ1v) is 6.89. The molecule has 0 radical (unpaired) electrons. The van der Waals surface area contributed by atoms with Crippen molar-refractivity contribution >= 4 is 23.2 Å². The minimum atomic E-state index is 0.0662. The second-order valence-corrected chi connectivity index (χ2v) is 5.49. The first-order chi connectivity index (χ1) is 8.24. The van der Waals surface area contributed by atoms with Crippen LogP contribution in [0.4, 0.5) is 0 Å². The molecular weight excluding hydrogens is 255 g/mol. The second kappa shape index (κ2) is 6.05. The van der Waals surface area contributed by atoms with E-state index in [0.29, 0.717) is 16.0 Å². The molecule has 3 N–H and O–H groups in total. The van der Waals surface area contributed by atoms with Crippen LogP contribution in [-0.2, 0) is 0 Å². The Bertz CT molecular complexity index is 355. The first-order valence-electron chi connectivity index (χ1n) is 6.14. The third kappa shape index (κ3) is 2.94. The maximum atomic E-state index is 6.24. The summed E-state index contributed by atoms with van der Waals surface area (Å²) in [5.74, 6) is 6.24. The standard InChI is InChI=1S/C13H18Cl2N2/c14-10-7-4-8-11(15)12(10)13(17-16)9-5-2-1-3-6-9/h4,7-9,13,17H,1-3,5-6,16H2. The Kier molecular flexibility index (Phi) is 4.69. The number of benzene rings is 1. The molecule has 1 aromatic rings. The van der Waals surface area contributed by atoms with E-state index >= 15 is 0 Å². The zero-order chi connectivity index (χ0) is 12.3. The normalized spacial score (nSPS) is 19.2. The average molecular weight is 273 g/mol. The van der Waals surface area contributed by atoms with Gasteiger partial charge in [-0.2, -0.15) is 0 Å². The Morgan fingerprint density at radius 3 is 2.24 bits per heavy atom. The van der Waals surface area contributed by atoms with Gasteiger partial charge in [0.2, 0.25) is 0 Å². The SMILES string of the molecule is NNC(c1c(Cl)cccc1Cl)C1CCCCC1. The van der Waals surface area contributed by atoms with E-state index in [9.17, 15) is 0 Å². The summed E-state index contributed by atoms with van der Waals surface area (Å²) in [6.45, 7) is 0. The van der Waals surface area contributed by atoms with Crippen LogP contribution in [0, 0.1) is 5.92 Å². The summed E-state index contributed by atoms with van der Waals surface area (Å²) < 4.78 is 0. The molecule has 1 fully saturated rings. The van der Waals surface area contributed by atoms with E-state index in [1.807, 2.05) is 18.2 Å². The Morgan fingerprint density at radius 1 is 1.12 bits per heavy atom. The lowest BCUT2D eigenvalue weighted by molar-refractivity contribution is 0.273. The number of halogens is 2. The van der Waals surface area contributed by atoms with Gasteiger partial charge in [0.05, 0.1) is 6.04 Å². The molecule has 0 saturated heterocycles. The third-order valence-electron chi connectivity index (χ3n) is 3.61. The molecule has 1 saturated carbocycles. The molecule has 17 heavy (non-hydrogen) atoms. The Balaban J connectivity index is 2.27. The van der Waals surface area contributed by atoms with Gasteiger partial charge in [-0.1, -0.05) is 48.5 Å². The van der Waals surface area contributed by atoms with Crippen molar-refractivity contribution in [2.45, 2.75) is 38.1 Å². The van der Waals surface area contributed by atoms with Crippen molar-refractivity contribution in [2.75, 3.05) is 0 Å². The Labute approximate surface area is 112 Å². The largest absolute Gasteiger partial charge is 0.271 e. The van der Waals surface area contributed by atoms with Gasteiger partial charge in [-0.05, 0) is 30.9 Å². The lowest BCUT2D eigenvalue weighted by atomic mass is 9.81. The van der Waals surface area contributed by atoms with Crippen molar-refractivity contribution in [3.63, 3.8) is 0 Å². The van der Waals surface area contributed by atoms with Gasteiger partial charge in [-0.25, -0.2) is 0 Å². The minimum Gasteiger partial charge on any atom is -0.271 e. The van der Waals surface area contributed by atoms with Crippen LogP contribution < -0.4 is 11.3 Å². The first kappa shape index (κ1) is 13.2. The average Bonchev–Trinajstić information content (AvgIpc) is 2.35. The van der Waals surface area contributed by atoms with E-state index in [1.165, 1.54) is 32.1 Å². The number of nitrogens with one attached hydrogen (secondary N) is 1. The predicted octanol–water partition coefficient (Wildman–Crippen LogP) is 4.08. The van der Waals surface area contributed by atoms with E-state index in [2.05, 4.69) is 5.43 Å². The molecule has 0 heterocycles. The molecule has 0 amide bonds. The van der Waals surface area contributed by atoms with Crippen molar-refractivity contribution in [1.29, 1.82) is 0 Å². The smallest absolute Gasteiger partial charge is 0.0517 e. The van der Waals surface area contributed by atoms with Crippen LogP contribution in [0.25, 0.3) is 0 Å². The molecule has 4 heteroatoms. The van der Waals surface area contributed by atoms with Gasteiger partial charge in [0.25, 0.3) is 0 Å². The number of hydrogen-bond donors (Lipinski definition) is 2. The van der Waals surface area contributed by atoms with Crippen molar-refractivity contribution in [2.24, 2.45) is 11.8 Å². The van der Waals surface area contributed by atoms with Gasteiger partial charge in [0, 0.05) is 15.6 Å². The summed E-state index contributed by atoms with van der Waals surface area (Å²) in [6.07, 6.45) is 6.24. The molecule has 0 aromatic heterocycles. The molecule has 2 nitrogen and oxygen atoms in total. The van der Waals surface area contributed by atoms with Crippen molar-refractivity contribution in [3.05, 3.63) is 33.8 Å². The zero-order valence-corrected chi connectivity index (χ0v) is 11.3. The number of nitrogens with two attached hydrogens (primary N) is 1. The fourth-order valence-corrected chi connectivity index (χ4v) is 3.36. The Hall–Kier alpha value is -0.280. The summed E-state index contributed by atoms with van der Waals surface area (Å²) in [4.78, 5) is 0. The van der Waals surface area contributed by atoms with Gasteiger partial charge >= 0.3 is 0 Å². The molecule has 94 valence electrons. The number of rotatable bonds is 3. The number of hydrogen-bond acceptors (Lipinski definition) is 2.